The first kappa shape index (κ1) is 69.4. The van der Waals surface area contributed by atoms with Crippen molar-refractivity contribution in [3.05, 3.63) is 76.9 Å². The van der Waals surface area contributed by atoms with Crippen LogP contribution in [0.3, 0.4) is 0 Å². The van der Waals surface area contributed by atoms with Gasteiger partial charge in [-0.3, -0.25) is 42.9 Å². The highest BCUT2D eigenvalue weighted by Crippen LogP contribution is 2.40. The van der Waals surface area contributed by atoms with E-state index in [1.807, 2.05) is 20.8 Å². The SMILES string of the molecule is CCO[Si](CCCNC(=O)NC(C)C(=O)NC(C)C(=O)NC(C)C(=O)N1CCCC1C(=O)NC(C(=O)NC(C(=O)NCCS(=O)(=O)c1cccc(Nc2cc(S(=O)(=O)O)c(N)c3c2C(=O)c2ccccc2C3=O)c1)C(C)C)C(C)C)(OCC)OCC. The van der Waals surface area contributed by atoms with E-state index in [2.05, 4.69) is 42.5 Å². The molecule has 1 fully saturated rings. The molecule has 0 spiro atoms. The lowest BCUT2D eigenvalue weighted by atomic mass is 9.82. The number of carbonyl (C=O) groups excluding carboxylic acids is 9. The molecule has 6 atom stereocenters. The Labute approximate surface area is 502 Å². The number of anilines is 3. The second-order valence-corrected chi connectivity index (χ2v) is 27.6. The van der Waals surface area contributed by atoms with Crippen LogP contribution in [-0.4, -0.2) is 170 Å². The predicted octanol–water partition coefficient (Wildman–Crippen LogP) is 2.33. The predicted molar refractivity (Wildman–Crippen MR) is 318 cm³/mol. The molecule has 472 valence electrons. The molecule has 86 heavy (non-hydrogen) atoms. The molecule has 0 bridgehead atoms. The molecule has 2 aliphatic rings. The number of nitrogens with two attached hydrogens (primary N) is 1. The van der Waals surface area contributed by atoms with Gasteiger partial charge < -0.3 is 66.4 Å². The quantitative estimate of drug-likeness (QED) is 0.0155. The Morgan fingerprint density at radius 1 is 0.674 bits per heavy atom. The Morgan fingerprint density at radius 2 is 1.23 bits per heavy atom. The lowest BCUT2D eigenvalue weighted by Gasteiger charge is -2.31. The van der Waals surface area contributed by atoms with Gasteiger partial charge in [0, 0.05) is 62.3 Å². The molecule has 8 amide bonds. The molecular formula is C56H80N10O17S2Si. The van der Waals surface area contributed by atoms with Crippen LogP contribution in [0.1, 0.15) is 120 Å². The fraction of sp³-hybridized carbons (Fsp3) is 0.518. The summed E-state index contributed by atoms with van der Waals surface area (Å²) in [5, 5.41) is 21.1. The van der Waals surface area contributed by atoms with E-state index in [-0.39, 0.29) is 52.5 Å². The number of benzene rings is 3. The Kier molecular flexibility index (Phi) is 24.5. The lowest BCUT2D eigenvalue weighted by molar-refractivity contribution is -0.142. The number of urea groups is 1. The maximum absolute atomic E-state index is 13.9. The van der Waals surface area contributed by atoms with Crippen LogP contribution in [0.25, 0.3) is 0 Å². The molecule has 0 aromatic heterocycles. The maximum atomic E-state index is 13.9. The highest BCUT2D eigenvalue weighted by atomic mass is 32.2. The number of hydrogen-bond donors (Lipinski definition) is 10. The van der Waals surface area contributed by atoms with Crippen LogP contribution >= 0.6 is 0 Å². The van der Waals surface area contributed by atoms with Gasteiger partial charge in [-0.05, 0) is 96.9 Å². The number of nitrogens with one attached hydrogen (secondary N) is 8. The van der Waals surface area contributed by atoms with Gasteiger partial charge in [0.15, 0.2) is 21.4 Å². The van der Waals surface area contributed by atoms with Crippen molar-refractivity contribution in [2.24, 2.45) is 11.8 Å². The summed E-state index contributed by atoms with van der Waals surface area (Å²) in [4.78, 5) is 122. The van der Waals surface area contributed by atoms with Gasteiger partial charge in [0.05, 0.1) is 33.2 Å². The molecule has 1 heterocycles. The Hall–Kier alpha value is -7.35. The van der Waals surface area contributed by atoms with Crippen LogP contribution in [0.15, 0.2) is 64.4 Å². The van der Waals surface area contributed by atoms with Gasteiger partial charge in [0.2, 0.25) is 35.4 Å². The van der Waals surface area contributed by atoms with Crippen molar-refractivity contribution in [2.45, 2.75) is 141 Å². The van der Waals surface area contributed by atoms with Crippen molar-refractivity contribution < 1.29 is 77.8 Å². The molecule has 1 aliphatic carbocycles. The van der Waals surface area contributed by atoms with Gasteiger partial charge in [-0.15, -0.1) is 0 Å². The second kappa shape index (κ2) is 30.3. The number of rotatable bonds is 30. The van der Waals surface area contributed by atoms with Gasteiger partial charge in [-0.25, -0.2) is 13.2 Å². The summed E-state index contributed by atoms with van der Waals surface area (Å²) in [5.41, 5.74) is 4.40. The smallest absolute Gasteiger partial charge is 0.397 e. The van der Waals surface area contributed by atoms with Crippen LogP contribution in [0.2, 0.25) is 6.04 Å². The van der Waals surface area contributed by atoms with Crippen molar-refractivity contribution in [1.29, 1.82) is 0 Å². The van der Waals surface area contributed by atoms with E-state index in [1.54, 1.807) is 27.7 Å². The number of fused-ring (bicyclic) bond motifs is 2. The van der Waals surface area contributed by atoms with E-state index in [1.165, 1.54) is 74.2 Å². The first-order valence-corrected chi connectivity index (χ1v) is 33.4. The number of carbonyl (C=O) groups is 9. The molecule has 30 heteroatoms. The van der Waals surface area contributed by atoms with E-state index < -0.39 is 158 Å². The fourth-order valence-corrected chi connectivity index (χ4v) is 14.3. The van der Waals surface area contributed by atoms with Gasteiger partial charge in [-0.1, -0.05) is 58.0 Å². The van der Waals surface area contributed by atoms with Gasteiger partial charge in [0.1, 0.15) is 41.1 Å². The minimum Gasteiger partial charge on any atom is -0.397 e. The zero-order valence-electron chi connectivity index (χ0n) is 49.9. The van der Waals surface area contributed by atoms with E-state index >= 15 is 0 Å². The average molecular weight is 1260 g/mol. The number of amides is 8. The Bertz CT molecular complexity index is 3260. The number of nitrogen functional groups attached to an aromatic ring is 1. The Balaban J connectivity index is 1.13. The molecule has 6 unspecified atom stereocenters. The Morgan fingerprint density at radius 3 is 1.80 bits per heavy atom. The van der Waals surface area contributed by atoms with Crippen LogP contribution in [-0.2, 0) is 62.0 Å². The summed E-state index contributed by atoms with van der Waals surface area (Å²) in [7, 11) is -12.2. The van der Waals surface area contributed by atoms with Crippen molar-refractivity contribution in [1.82, 2.24) is 42.1 Å². The minimum atomic E-state index is -5.05. The van der Waals surface area contributed by atoms with Crippen molar-refractivity contribution in [3.63, 3.8) is 0 Å². The van der Waals surface area contributed by atoms with Gasteiger partial charge in [0.25, 0.3) is 10.1 Å². The summed E-state index contributed by atoms with van der Waals surface area (Å²) in [6.07, 6.45) is 1.14. The summed E-state index contributed by atoms with van der Waals surface area (Å²) in [6, 6.07) is 4.91. The van der Waals surface area contributed by atoms with E-state index in [4.69, 9.17) is 19.0 Å². The molecule has 3 aromatic rings. The third-order valence-corrected chi connectivity index (χ3v) is 20.0. The van der Waals surface area contributed by atoms with Crippen LogP contribution in [0.4, 0.5) is 21.9 Å². The second-order valence-electron chi connectivity index (χ2n) is 21.3. The third kappa shape index (κ3) is 17.4. The molecular weight excluding hydrogens is 1180 g/mol. The molecule has 1 saturated heterocycles. The fourth-order valence-electron chi connectivity index (χ4n) is 9.80. The number of hydrogen-bond acceptors (Lipinski definition) is 18. The zero-order valence-corrected chi connectivity index (χ0v) is 52.5. The van der Waals surface area contributed by atoms with Crippen molar-refractivity contribution in [2.75, 3.05) is 56.3 Å². The first-order valence-electron chi connectivity index (χ1n) is 28.4. The molecule has 11 N–H and O–H groups in total. The van der Waals surface area contributed by atoms with Crippen LogP contribution < -0.4 is 48.3 Å². The maximum Gasteiger partial charge on any atom is 0.500 e. The summed E-state index contributed by atoms with van der Waals surface area (Å²) in [5.74, 6) is -7.31. The zero-order chi connectivity index (χ0) is 64.0. The van der Waals surface area contributed by atoms with Crippen molar-refractivity contribution in [3.8, 4) is 0 Å². The molecule has 1 aliphatic heterocycles. The van der Waals surface area contributed by atoms with Gasteiger partial charge >= 0.3 is 14.8 Å². The standard InChI is InChI=1S/C56H80N10O17S2Si/c1-11-81-86(82-12-2,83-13-3)28-18-24-59-56(75)62-34(9)51(70)60-33(8)50(69)61-35(10)55(74)66-26-17-23-41(66)52(71)64-47(32(6)7)54(73)65-46(31(4)5)53(72)58-25-27-84(76,77)37-20-16-19-36(29-37)63-40-30-42(85(78,79)80)45(57)44-43(40)48(67)38-21-14-15-22-39(38)49(44)68/h14-16,19-22,29-35,41,46-47,63H,11-13,17-18,23-28,57H2,1-10H3,(H,58,72)(H,60,70)(H,61,69)(H,64,71)(H,65,73)(H2,59,62,75)(H,78,79,80). The monoisotopic (exact) mass is 1260 g/mol. The largest absolute Gasteiger partial charge is 0.500 e. The highest BCUT2D eigenvalue weighted by molar-refractivity contribution is 7.91. The normalized spacial score (nSPS) is 16.0. The van der Waals surface area contributed by atoms with Crippen molar-refractivity contribution >= 4 is 98.9 Å². The minimum absolute atomic E-state index is 0.00877. The van der Waals surface area contributed by atoms with Gasteiger partial charge in [-0.2, -0.15) is 8.42 Å². The summed E-state index contributed by atoms with van der Waals surface area (Å²) >= 11 is 0. The molecule has 0 radical (unpaired) electrons. The van der Waals surface area contributed by atoms with Crippen LogP contribution in [0, 0.1) is 11.8 Å². The summed E-state index contributed by atoms with van der Waals surface area (Å²) in [6.45, 7) is 17.6. The average Bonchev–Trinajstić information content (AvgIpc) is 0.963. The number of likely N-dealkylation sites (tertiary alicyclic amines) is 1. The lowest BCUT2D eigenvalue weighted by Crippen LogP contribution is -2.60. The number of nitrogens with zero attached hydrogens (tertiary/aromatic N) is 1. The molecule has 5 rings (SSSR count). The highest BCUT2D eigenvalue weighted by Gasteiger charge is 2.42. The molecule has 0 saturated carbocycles. The topological polar surface area (TPSA) is 395 Å². The van der Waals surface area contributed by atoms with Crippen LogP contribution in [0.5, 0.6) is 0 Å². The number of ketones is 2. The molecule has 3 aromatic carbocycles. The van der Waals surface area contributed by atoms with E-state index in [0.717, 1.165) is 6.07 Å². The summed E-state index contributed by atoms with van der Waals surface area (Å²) < 4.78 is 79.8. The van der Waals surface area contributed by atoms with E-state index in [9.17, 15) is 64.5 Å². The number of sulfone groups is 1. The first-order chi connectivity index (χ1) is 40.4. The third-order valence-electron chi connectivity index (χ3n) is 14.2. The van der Waals surface area contributed by atoms with E-state index in [0.29, 0.717) is 38.7 Å². The molecule has 27 nitrogen and oxygen atoms in total.